The van der Waals surface area contributed by atoms with E-state index in [-0.39, 0.29) is 0 Å². The van der Waals surface area contributed by atoms with Crippen LogP contribution in [0.1, 0.15) is 5.56 Å². The van der Waals surface area contributed by atoms with Gasteiger partial charge in [0.2, 0.25) is 0 Å². The monoisotopic (exact) mass is 193 g/mol. The van der Waals surface area contributed by atoms with E-state index < -0.39 is 0 Å². The Morgan fingerprint density at radius 3 is 3.00 bits per heavy atom. The van der Waals surface area contributed by atoms with Crippen molar-refractivity contribution in [1.29, 1.82) is 0 Å². The summed E-state index contributed by atoms with van der Waals surface area (Å²) in [4.78, 5) is 2.26. The molecule has 2 rings (SSSR count). The highest BCUT2D eigenvalue weighted by Gasteiger charge is 2.13. The minimum absolute atomic E-state index is 0.734. The van der Waals surface area contributed by atoms with Gasteiger partial charge in [-0.15, -0.1) is 0 Å². The van der Waals surface area contributed by atoms with Gasteiger partial charge in [0.15, 0.2) is 0 Å². The molecule has 14 heavy (non-hydrogen) atoms. The normalized spacial score (nSPS) is 17.2. The average Bonchev–Trinajstić information content (AvgIpc) is 2.71. The van der Waals surface area contributed by atoms with E-state index >= 15 is 0 Å². The molecule has 3 heteroatoms. The maximum atomic E-state index is 5.29. The lowest BCUT2D eigenvalue weighted by atomic mass is 10.2. The predicted molar refractivity (Wildman–Crippen MR) is 54.2 cm³/mol. The van der Waals surface area contributed by atoms with Gasteiger partial charge in [0, 0.05) is 18.7 Å². The Morgan fingerprint density at radius 1 is 1.43 bits per heavy atom. The number of hydrogen-bond acceptors (Lipinski definition) is 3. The zero-order valence-electron chi connectivity index (χ0n) is 8.40. The molecule has 0 amide bonds. The van der Waals surface area contributed by atoms with Crippen LogP contribution in [0.15, 0.2) is 24.3 Å². The van der Waals surface area contributed by atoms with Crippen LogP contribution in [0.25, 0.3) is 0 Å². The summed E-state index contributed by atoms with van der Waals surface area (Å²) in [7, 11) is 1.71. The van der Waals surface area contributed by atoms with Gasteiger partial charge in [0.1, 0.15) is 5.75 Å². The zero-order valence-corrected chi connectivity index (χ0v) is 8.40. The lowest BCUT2D eigenvalue weighted by Crippen LogP contribution is -2.19. The maximum Gasteiger partial charge on any atom is 0.123 e. The number of benzene rings is 1. The minimum atomic E-state index is 0.734. The molecule has 0 aromatic heterocycles. The molecule has 0 radical (unpaired) electrons. The lowest BCUT2D eigenvalue weighted by molar-refractivity contribution is 0.137. The first-order valence-electron chi connectivity index (χ1n) is 4.82. The van der Waals surface area contributed by atoms with Crippen molar-refractivity contribution in [2.75, 3.05) is 27.0 Å². The molecule has 0 bridgehead atoms. The fraction of sp³-hybridized carbons (Fsp3) is 0.455. The summed E-state index contributed by atoms with van der Waals surface area (Å²) in [6.07, 6.45) is 0. The molecule has 1 saturated heterocycles. The number of ether oxygens (including phenoxy) is 2. The summed E-state index contributed by atoms with van der Waals surface area (Å²) in [5.74, 6) is 0.958. The van der Waals surface area contributed by atoms with E-state index in [2.05, 4.69) is 11.0 Å². The van der Waals surface area contributed by atoms with E-state index in [9.17, 15) is 0 Å². The molecule has 76 valence electrons. The van der Waals surface area contributed by atoms with Gasteiger partial charge in [0.05, 0.1) is 20.4 Å². The molecule has 1 fully saturated rings. The molecule has 0 aliphatic carbocycles. The van der Waals surface area contributed by atoms with Crippen molar-refractivity contribution in [3.8, 4) is 5.75 Å². The van der Waals surface area contributed by atoms with Crippen molar-refractivity contribution in [3.05, 3.63) is 29.8 Å². The largest absolute Gasteiger partial charge is 0.496 e. The van der Waals surface area contributed by atoms with Crippen molar-refractivity contribution < 1.29 is 9.47 Å². The molecule has 1 heterocycles. The first-order valence-corrected chi connectivity index (χ1v) is 4.82. The van der Waals surface area contributed by atoms with Crippen molar-refractivity contribution in [2.45, 2.75) is 6.54 Å². The molecule has 0 N–H and O–H groups in total. The molecule has 0 saturated carbocycles. The second kappa shape index (κ2) is 4.44. The Labute approximate surface area is 84.2 Å². The van der Waals surface area contributed by atoms with E-state index in [1.165, 1.54) is 5.56 Å². The average molecular weight is 193 g/mol. The second-order valence-electron chi connectivity index (χ2n) is 3.40. The number of rotatable bonds is 3. The van der Waals surface area contributed by atoms with Crippen LogP contribution < -0.4 is 4.74 Å². The van der Waals surface area contributed by atoms with Crippen LogP contribution in [0.4, 0.5) is 0 Å². The standard InChI is InChI=1S/C11H15NO2/c1-13-11-5-3-2-4-10(11)8-12-6-7-14-9-12/h2-5H,6-9H2,1H3. The molecular weight excluding hydrogens is 178 g/mol. The molecule has 0 unspecified atom stereocenters. The summed E-state index contributed by atoms with van der Waals surface area (Å²) in [5, 5.41) is 0. The van der Waals surface area contributed by atoms with E-state index in [1.807, 2.05) is 18.2 Å². The van der Waals surface area contributed by atoms with Gasteiger partial charge in [-0.25, -0.2) is 0 Å². The van der Waals surface area contributed by atoms with E-state index in [0.717, 1.165) is 32.2 Å². The second-order valence-corrected chi connectivity index (χ2v) is 3.40. The third-order valence-corrected chi connectivity index (χ3v) is 2.41. The Balaban J connectivity index is 2.07. The number of hydrogen-bond donors (Lipinski definition) is 0. The molecular formula is C11H15NO2. The maximum absolute atomic E-state index is 5.29. The number of methoxy groups -OCH3 is 1. The third-order valence-electron chi connectivity index (χ3n) is 2.41. The first-order chi connectivity index (χ1) is 6.90. The summed E-state index contributed by atoms with van der Waals surface area (Å²) < 4.78 is 10.6. The molecule has 0 atom stereocenters. The van der Waals surface area contributed by atoms with Gasteiger partial charge in [-0.05, 0) is 6.07 Å². The summed E-state index contributed by atoms with van der Waals surface area (Å²) in [5.41, 5.74) is 1.22. The Kier molecular flexibility index (Phi) is 3.01. The van der Waals surface area contributed by atoms with Gasteiger partial charge >= 0.3 is 0 Å². The van der Waals surface area contributed by atoms with Gasteiger partial charge in [-0.3, -0.25) is 4.90 Å². The third kappa shape index (κ3) is 2.05. The topological polar surface area (TPSA) is 21.7 Å². The first kappa shape index (κ1) is 9.49. The van der Waals surface area contributed by atoms with Crippen LogP contribution in [0, 0.1) is 0 Å². The van der Waals surface area contributed by atoms with Crippen LogP contribution in [-0.2, 0) is 11.3 Å². The highest BCUT2D eigenvalue weighted by Crippen LogP contribution is 2.19. The van der Waals surface area contributed by atoms with Crippen LogP contribution >= 0.6 is 0 Å². The molecule has 1 aliphatic rings. The molecule has 1 aromatic rings. The fourth-order valence-corrected chi connectivity index (χ4v) is 1.65. The van der Waals surface area contributed by atoms with E-state index in [1.54, 1.807) is 7.11 Å². The van der Waals surface area contributed by atoms with Gasteiger partial charge < -0.3 is 9.47 Å². The van der Waals surface area contributed by atoms with Crippen molar-refractivity contribution >= 4 is 0 Å². The van der Waals surface area contributed by atoms with E-state index in [4.69, 9.17) is 9.47 Å². The fourth-order valence-electron chi connectivity index (χ4n) is 1.65. The van der Waals surface area contributed by atoms with Crippen molar-refractivity contribution in [1.82, 2.24) is 4.90 Å². The van der Waals surface area contributed by atoms with Crippen LogP contribution in [-0.4, -0.2) is 31.9 Å². The van der Waals surface area contributed by atoms with Crippen molar-refractivity contribution in [3.63, 3.8) is 0 Å². The number of nitrogens with zero attached hydrogens (tertiary/aromatic N) is 1. The summed E-state index contributed by atoms with van der Waals surface area (Å²) in [6.45, 7) is 3.50. The zero-order chi connectivity index (χ0) is 9.80. The quantitative estimate of drug-likeness (QED) is 0.726. The summed E-state index contributed by atoms with van der Waals surface area (Å²) in [6, 6.07) is 8.11. The Morgan fingerprint density at radius 2 is 2.29 bits per heavy atom. The smallest absolute Gasteiger partial charge is 0.123 e. The van der Waals surface area contributed by atoms with Crippen LogP contribution in [0.5, 0.6) is 5.75 Å². The lowest BCUT2D eigenvalue weighted by Gasteiger charge is -2.15. The van der Waals surface area contributed by atoms with E-state index in [0.29, 0.717) is 0 Å². The molecule has 1 aromatic carbocycles. The van der Waals surface area contributed by atoms with Crippen LogP contribution in [0.2, 0.25) is 0 Å². The SMILES string of the molecule is COc1ccccc1CN1CCOC1. The van der Waals surface area contributed by atoms with Gasteiger partial charge in [0.25, 0.3) is 0 Å². The van der Waals surface area contributed by atoms with Gasteiger partial charge in [-0.2, -0.15) is 0 Å². The Bertz CT molecular complexity index is 295. The predicted octanol–water partition coefficient (Wildman–Crippen LogP) is 1.48. The molecule has 0 spiro atoms. The van der Waals surface area contributed by atoms with Crippen LogP contribution in [0.3, 0.4) is 0 Å². The molecule has 1 aliphatic heterocycles. The number of para-hydroxylation sites is 1. The Hall–Kier alpha value is -1.06. The summed E-state index contributed by atoms with van der Waals surface area (Å²) >= 11 is 0. The van der Waals surface area contributed by atoms with Crippen molar-refractivity contribution in [2.24, 2.45) is 0 Å². The van der Waals surface area contributed by atoms with Gasteiger partial charge in [-0.1, -0.05) is 18.2 Å². The highest BCUT2D eigenvalue weighted by atomic mass is 16.5. The minimum Gasteiger partial charge on any atom is -0.496 e. The highest BCUT2D eigenvalue weighted by molar-refractivity contribution is 5.33. The molecule has 3 nitrogen and oxygen atoms in total.